The van der Waals surface area contributed by atoms with Gasteiger partial charge in [-0.1, -0.05) is 13.0 Å². The van der Waals surface area contributed by atoms with E-state index in [1.54, 1.807) is 0 Å². The number of rotatable bonds is 5. The first-order valence-electron chi connectivity index (χ1n) is 8.64. The van der Waals surface area contributed by atoms with Crippen LogP contribution in [0.2, 0.25) is 0 Å². The number of benzene rings is 1. The molecule has 4 nitrogen and oxygen atoms in total. The van der Waals surface area contributed by atoms with Crippen LogP contribution >= 0.6 is 22.6 Å². The SMILES string of the molecule is CCCN1CCC(NC(=O)c2cccn2-c2cccc(I)c2)CC1. The lowest BCUT2D eigenvalue weighted by Gasteiger charge is -2.32. The van der Waals surface area contributed by atoms with Gasteiger partial charge < -0.3 is 14.8 Å². The number of carbonyl (C=O) groups excluding carboxylic acids is 1. The highest BCUT2D eigenvalue weighted by Crippen LogP contribution is 2.17. The summed E-state index contributed by atoms with van der Waals surface area (Å²) in [4.78, 5) is 15.2. The van der Waals surface area contributed by atoms with E-state index in [4.69, 9.17) is 0 Å². The third kappa shape index (κ3) is 4.19. The molecular weight excluding hydrogens is 413 g/mol. The van der Waals surface area contributed by atoms with E-state index < -0.39 is 0 Å². The number of hydrogen-bond acceptors (Lipinski definition) is 2. The Kier molecular flexibility index (Phi) is 5.94. The van der Waals surface area contributed by atoms with Gasteiger partial charge in [0.1, 0.15) is 5.69 Å². The van der Waals surface area contributed by atoms with Crippen LogP contribution in [0.3, 0.4) is 0 Å². The summed E-state index contributed by atoms with van der Waals surface area (Å²) in [6.45, 7) is 5.54. The van der Waals surface area contributed by atoms with Gasteiger partial charge in [0, 0.05) is 34.6 Å². The van der Waals surface area contributed by atoms with Crippen molar-refractivity contribution in [3.63, 3.8) is 0 Å². The largest absolute Gasteiger partial charge is 0.348 e. The molecule has 3 rings (SSSR count). The highest BCUT2D eigenvalue weighted by Gasteiger charge is 2.22. The second-order valence-corrected chi connectivity index (χ2v) is 7.58. The number of aromatic nitrogens is 1. The Labute approximate surface area is 157 Å². The molecule has 1 aliphatic rings. The van der Waals surface area contributed by atoms with Crippen molar-refractivity contribution < 1.29 is 4.79 Å². The van der Waals surface area contributed by atoms with Crippen LogP contribution in [0.1, 0.15) is 36.7 Å². The summed E-state index contributed by atoms with van der Waals surface area (Å²) in [6, 6.07) is 12.3. The fourth-order valence-electron chi connectivity index (χ4n) is 3.29. The zero-order valence-electron chi connectivity index (χ0n) is 14.0. The minimum absolute atomic E-state index is 0.0211. The molecule has 0 atom stereocenters. The third-order valence-corrected chi connectivity index (χ3v) is 5.20. The van der Waals surface area contributed by atoms with Crippen LogP contribution in [-0.2, 0) is 0 Å². The number of likely N-dealkylation sites (tertiary alicyclic amines) is 1. The minimum Gasteiger partial charge on any atom is -0.348 e. The Hall–Kier alpha value is -1.34. The summed E-state index contributed by atoms with van der Waals surface area (Å²) in [7, 11) is 0. The quantitative estimate of drug-likeness (QED) is 0.725. The molecule has 1 amide bonds. The summed E-state index contributed by atoms with van der Waals surface area (Å²) in [5.74, 6) is 0.0211. The summed E-state index contributed by atoms with van der Waals surface area (Å²) in [5.41, 5.74) is 1.72. The first kappa shape index (κ1) is 17.5. The molecule has 0 unspecified atom stereocenters. The van der Waals surface area contributed by atoms with Crippen molar-refractivity contribution in [2.24, 2.45) is 0 Å². The van der Waals surface area contributed by atoms with Gasteiger partial charge in [-0.3, -0.25) is 4.79 Å². The first-order valence-corrected chi connectivity index (χ1v) is 9.71. The lowest BCUT2D eigenvalue weighted by Crippen LogP contribution is -2.45. The standard InChI is InChI=1S/C19H24IN3O/c1-2-10-22-12-8-16(9-13-22)21-19(24)18-7-4-11-23(18)17-6-3-5-15(20)14-17/h3-7,11,14,16H,2,8-10,12-13H2,1H3,(H,21,24). The van der Waals surface area contributed by atoms with Crippen LogP contribution in [0.25, 0.3) is 5.69 Å². The molecule has 1 aliphatic heterocycles. The van der Waals surface area contributed by atoms with Gasteiger partial charge in [-0.15, -0.1) is 0 Å². The van der Waals surface area contributed by atoms with Crippen molar-refractivity contribution in [3.05, 3.63) is 51.9 Å². The van der Waals surface area contributed by atoms with Crippen LogP contribution < -0.4 is 5.32 Å². The van der Waals surface area contributed by atoms with Gasteiger partial charge in [0.2, 0.25) is 0 Å². The predicted molar refractivity (Wildman–Crippen MR) is 106 cm³/mol. The van der Waals surface area contributed by atoms with Crippen molar-refractivity contribution in [2.45, 2.75) is 32.2 Å². The van der Waals surface area contributed by atoms with Crippen molar-refractivity contribution in [2.75, 3.05) is 19.6 Å². The minimum atomic E-state index is 0.0211. The molecule has 1 saturated heterocycles. The number of nitrogens with one attached hydrogen (secondary N) is 1. The molecule has 1 aromatic heterocycles. The third-order valence-electron chi connectivity index (χ3n) is 4.53. The van der Waals surface area contributed by atoms with Gasteiger partial charge in [-0.25, -0.2) is 0 Å². The summed E-state index contributed by atoms with van der Waals surface area (Å²) in [6.07, 6.45) is 5.22. The Bertz CT molecular complexity index is 689. The zero-order chi connectivity index (χ0) is 16.9. The highest BCUT2D eigenvalue weighted by atomic mass is 127. The Morgan fingerprint density at radius 2 is 2.04 bits per heavy atom. The maximum atomic E-state index is 12.7. The summed E-state index contributed by atoms with van der Waals surface area (Å²) < 4.78 is 3.12. The van der Waals surface area contributed by atoms with Crippen LogP contribution in [-0.4, -0.2) is 41.1 Å². The molecule has 0 saturated carbocycles. The lowest BCUT2D eigenvalue weighted by molar-refractivity contribution is 0.0904. The fraction of sp³-hybridized carbons (Fsp3) is 0.421. The van der Waals surface area contributed by atoms with Gasteiger partial charge >= 0.3 is 0 Å². The highest BCUT2D eigenvalue weighted by molar-refractivity contribution is 14.1. The van der Waals surface area contributed by atoms with E-state index in [2.05, 4.69) is 51.9 Å². The molecule has 2 heterocycles. The van der Waals surface area contributed by atoms with Crippen molar-refractivity contribution in [1.82, 2.24) is 14.8 Å². The predicted octanol–water partition coefficient (Wildman–Crippen LogP) is 3.69. The average molecular weight is 437 g/mol. The van der Waals surface area contributed by atoms with E-state index in [-0.39, 0.29) is 11.9 Å². The average Bonchev–Trinajstić information content (AvgIpc) is 3.07. The molecule has 0 bridgehead atoms. The molecule has 128 valence electrons. The normalized spacial score (nSPS) is 16.2. The number of amides is 1. The van der Waals surface area contributed by atoms with Crippen LogP contribution in [0.4, 0.5) is 0 Å². The van der Waals surface area contributed by atoms with Crippen LogP contribution in [0.5, 0.6) is 0 Å². The Balaban J connectivity index is 1.66. The van der Waals surface area contributed by atoms with E-state index in [9.17, 15) is 4.79 Å². The molecule has 0 radical (unpaired) electrons. The maximum Gasteiger partial charge on any atom is 0.268 e. The van der Waals surface area contributed by atoms with Gasteiger partial charge in [0.05, 0.1) is 0 Å². The Morgan fingerprint density at radius 1 is 1.25 bits per heavy atom. The first-order chi connectivity index (χ1) is 11.7. The summed E-state index contributed by atoms with van der Waals surface area (Å²) >= 11 is 2.29. The molecule has 0 aliphatic carbocycles. The van der Waals surface area contributed by atoms with E-state index >= 15 is 0 Å². The van der Waals surface area contributed by atoms with Gasteiger partial charge in [0.25, 0.3) is 5.91 Å². The van der Waals surface area contributed by atoms with Crippen LogP contribution in [0.15, 0.2) is 42.6 Å². The molecule has 0 spiro atoms. The number of halogens is 1. The second-order valence-electron chi connectivity index (χ2n) is 6.33. The number of nitrogens with zero attached hydrogens (tertiary/aromatic N) is 2. The second kappa shape index (κ2) is 8.16. The Morgan fingerprint density at radius 3 is 2.75 bits per heavy atom. The lowest BCUT2D eigenvalue weighted by atomic mass is 10.0. The maximum absolute atomic E-state index is 12.7. The van der Waals surface area contributed by atoms with Gasteiger partial charge in [-0.05, 0) is 78.7 Å². The summed E-state index contributed by atoms with van der Waals surface area (Å²) in [5, 5.41) is 3.22. The van der Waals surface area contributed by atoms with Gasteiger partial charge in [0.15, 0.2) is 0 Å². The molecule has 1 N–H and O–H groups in total. The number of carbonyl (C=O) groups is 1. The van der Waals surface area contributed by atoms with Crippen LogP contribution in [0, 0.1) is 3.57 Å². The smallest absolute Gasteiger partial charge is 0.268 e. The molecule has 1 aromatic carbocycles. The fourth-order valence-corrected chi connectivity index (χ4v) is 3.82. The number of piperidine rings is 1. The molecule has 1 fully saturated rings. The molecule has 5 heteroatoms. The molecular formula is C19H24IN3O. The van der Waals surface area contributed by atoms with E-state index in [0.717, 1.165) is 41.7 Å². The zero-order valence-corrected chi connectivity index (χ0v) is 16.2. The van der Waals surface area contributed by atoms with Crippen molar-refractivity contribution in [1.29, 1.82) is 0 Å². The molecule has 24 heavy (non-hydrogen) atoms. The topological polar surface area (TPSA) is 37.3 Å². The van der Waals surface area contributed by atoms with E-state index in [1.165, 1.54) is 6.42 Å². The van der Waals surface area contributed by atoms with E-state index in [1.807, 2.05) is 35.0 Å². The monoisotopic (exact) mass is 437 g/mol. The number of hydrogen-bond donors (Lipinski definition) is 1. The van der Waals surface area contributed by atoms with Crippen molar-refractivity contribution >= 4 is 28.5 Å². The van der Waals surface area contributed by atoms with Crippen molar-refractivity contribution in [3.8, 4) is 5.69 Å². The molecule has 2 aromatic rings. The van der Waals surface area contributed by atoms with Gasteiger partial charge in [-0.2, -0.15) is 0 Å². The van der Waals surface area contributed by atoms with E-state index in [0.29, 0.717) is 5.69 Å².